The number of H-pyrrole nitrogens is 1. The third-order valence-electron chi connectivity index (χ3n) is 4.75. The second-order valence-corrected chi connectivity index (χ2v) is 6.82. The Bertz CT molecular complexity index is 1030. The monoisotopic (exact) mass is 393 g/mol. The van der Waals surface area contributed by atoms with Gasteiger partial charge in [0.15, 0.2) is 11.5 Å². The van der Waals surface area contributed by atoms with Gasteiger partial charge in [-0.1, -0.05) is 25.5 Å². The summed E-state index contributed by atoms with van der Waals surface area (Å²) in [7, 11) is 1.61. The molecule has 1 aromatic heterocycles. The van der Waals surface area contributed by atoms with Crippen molar-refractivity contribution in [1.29, 1.82) is 0 Å². The average Bonchev–Trinajstić information content (AvgIpc) is 3.35. The lowest BCUT2D eigenvalue weighted by Gasteiger charge is -2.10. The third kappa shape index (κ3) is 4.03. The number of nitrogens with zero attached hydrogens (tertiary/aromatic N) is 1. The number of fused-ring (bicyclic) bond motifs is 1. The number of hydrogen-bond acceptors (Lipinski definition) is 5. The van der Waals surface area contributed by atoms with Gasteiger partial charge >= 0.3 is 0 Å². The minimum absolute atomic E-state index is 0.112. The van der Waals surface area contributed by atoms with Crippen LogP contribution in [0.5, 0.6) is 17.2 Å². The zero-order valence-corrected chi connectivity index (χ0v) is 16.5. The van der Waals surface area contributed by atoms with Crippen molar-refractivity contribution in [2.75, 3.05) is 19.2 Å². The zero-order chi connectivity index (χ0) is 20.2. The molecule has 3 aromatic rings. The first-order valence-electron chi connectivity index (χ1n) is 9.58. The molecule has 2 aromatic carbocycles. The Hall–Kier alpha value is -3.48. The molecule has 1 aliphatic rings. The highest BCUT2D eigenvalue weighted by atomic mass is 16.7. The Morgan fingerprint density at radius 1 is 1.21 bits per heavy atom. The molecule has 7 nitrogen and oxygen atoms in total. The first-order valence-corrected chi connectivity index (χ1v) is 9.58. The summed E-state index contributed by atoms with van der Waals surface area (Å²) in [4.78, 5) is 12.8. The van der Waals surface area contributed by atoms with Gasteiger partial charge in [-0.05, 0) is 42.3 Å². The predicted molar refractivity (Wildman–Crippen MR) is 109 cm³/mol. The van der Waals surface area contributed by atoms with Gasteiger partial charge < -0.3 is 19.5 Å². The molecule has 1 amide bonds. The lowest BCUT2D eigenvalue weighted by Crippen LogP contribution is -2.15. The first-order chi connectivity index (χ1) is 14.2. The number of amides is 1. The summed E-state index contributed by atoms with van der Waals surface area (Å²) in [5.74, 6) is 2.00. The molecule has 0 atom stereocenters. The number of aryl methyl sites for hydroxylation is 1. The normalized spacial score (nSPS) is 12.1. The molecule has 0 spiro atoms. The Morgan fingerprint density at radius 2 is 2.07 bits per heavy atom. The molecule has 4 rings (SSSR count). The van der Waals surface area contributed by atoms with Crippen LogP contribution >= 0.6 is 0 Å². The molecular formula is C22H23N3O4. The van der Waals surface area contributed by atoms with E-state index in [1.165, 1.54) is 0 Å². The summed E-state index contributed by atoms with van der Waals surface area (Å²) in [5, 5.41) is 10.6. The van der Waals surface area contributed by atoms with Gasteiger partial charge in [0.05, 0.1) is 24.9 Å². The fourth-order valence-electron chi connectivity index (χ4n) is 3.35. The van der Waals surface area contributed by atoms with E-state index in [1.807, 2.05) is 42.5 Å². The molecule has 0 bridgehead atoms. The largest absolute Gasteiger partial charge is 0.497 e. The van der Waals surface area contributed by atoms with Crippen LogP contribution in [0.3, 0.4) is 0 Å². The molecule has 1 aliphatic heterocycles. The quantitative estimate of drug-likeness (QED) is 0.635. The number of rotatable bonds is 7. The highest BCUT2D eigenvalue weighted by Gasteiger charge is 2.20. The van der Waals surface area contributed by atoms with E-state index in [0.717, 1.165) is 35.4 Å². The van der Waals surface area contributed by atoms with Gasteiger partial charge in [-0.2, -0.15) is 5.10 Å². The van der Waals surface area contributed by atoms with Gasteiger partial charge in [0, 0.05) is 5.56 Å². The minimum atomic E-state index is -0.112. The lowest BCUT2D eigenvalue weighted by atomic mass is 10.1. The highest BCUT2D eigenvalue weighted by molar-refractivity contribution is 5.96. The van der Waals surface area contributed by atoms with Crippen LogP contribution in [-0.4, -0.2) is 30.0 Å². The molecule has 2 N–H and O–H groups in total. The predicted octanol–water partition coefficient (Wildman–Crippen LogP) is 3.95. The van der Waals surface area contributed by atoms with Gasteiger partial charge in [-0.15, -0.1) is 0 Å². The molecular weight excluding hydrogens is 370 g/mol. The van der Waals surface area contributed by atoms with Crippen molar-refractivity contribution in [2.24, 2.45) is 0 Å². The second kappa shape index (κ2) is 8.26. The lowest BCUT2D eigenvalue weighted by molar-refractivity contribution is -0.115. The number of nitrogens with one attached hydrogen (secondary N) is 2. The Labute approximate surface area is 169 Å². The standard InChI is InChI=1S/C22H23N3O4/c1-3-5-17-22(23-20(26)11-14-6-4-7-16(10-14)27-2)21(25-24-17)15-8-9-18-19(12-15)29-13-28-18/h4,6-10,12H,3,5,11,13H2,1-2H3,(H,23,26)(H,24,25). The average molecular weight is 393 g/mol. The van der Waals surface area contributed by atoms with Crippen molar-refractivity contribution in [3.05, 3.63) is 53.7 Å². The number of hydrogen-bond donors (Lipinski definition) is 2. The number of methoxy groups -OCH3 is 1. The maximum atomic E-state index is 12.8. The summed E-state index contributed by atoms with van der Waals surface area (Å²) < 4.78 is 16.1. The van der Waals surface area contributed by atoms with E-state index in [4.69, 9.17) is 14.2 Å². The van der Waals surface area contributed by atoms with Gasteiger partial charge in [-0.3, -0.25) is 9.89 Å². The Morgan fingerprint density at radius 3 is 2.90 bits per heavy atom. The summed E-state index contributed by atoms with van der Waals surface area (Å²) in [5.41, 5.74) is 4.03. The molecule has 29 heavy (non-hydrogen) atoms. The molecule has 2 heterocycles. The van der Waals surface area contributed by atoms with Crippen molar-refractivity contribution in [2.45, 2.75) is 26.2 Å². The van der Waals surface area contributed by atoms with E-state index in [0.29, 0.717) is 22.9 Å². The van der Waals surface area contributed by atoms with Gasteiger partial charge in [0.25, 0.3) is 0 Å². The van der Waals surface area contributed by atoms with Crippen LogP contribution in [0.25, 0.3) is 11.3 Å². The zero-order valence-electron chi connectivity index (χ0n) is 16.5. The molecule has 150 valence electrons. The summed E-state index contributed by atoms with van der Waals surface area (Å²) in [6, 6.07) is 13.1. The molecule has 0 fully saturated rings. The maximum absolute atomic E-state index is 12.8. The van der Waals surface area contributed by atoms with Crippen molar-refractivity contribution >= 4 is 11.6 Å². The summed E-state index contributed by atoms with van der Waals surface area (Å²) in [6.45, 7) is 2.30. The highest BCUT2D eigenvalue weighted by Crippen LogP contribution is 2.38. The minimum Gasteiger partial charge on any atom is -0.497 e. The second-order valence-electron chi connectivity index (χ2n) is 6.82. The summed E-state index contributed by atoms with van der Waals surface area (Å²) in [6.07, 6.45) is 1.96. The number of carbonyl (C=O) groups excluding carboxylic acids is 1. The van der Waals surface area contributed by atoms with E-state index in [-0.39, 0.29) is 19.1 Å². The van der Waals surface area contributed by atoms with Crippen LogP contribution in [0, 0.1) is 0 Å². The fourth-order valence-corrected chi connectivity index (χ4v) is 3.35. The van der Waals surface area contributed by atoms with Crippen molar-refractivity contribution in [3.63, 3.8) is 0 Å². The topological polar surface area (TPSA) is 85.5 Å². The fraction of sp³-hybridized carbons (Fsp3) is 0.273. The first kappa shape index (κ1) is 18.9. The Kier molecular flexibility index (Phi) is 5.37. The molecule has 0 aliphatic carbocycles. The molecule has 7 heteroatoms. The van der Waals surface area contributed by atoms with E-state index in [1.54, 1.807) is 7.11 Å². The van der Waals surface area contributed by atoms with Gasteiger partial charge in [-0.25, -0.2) is 0 Å². The van der Waals surface area contributed by atoms with Gasteiger partial charge in [0.1, 0.15) is 11.4 Å². The van der Waals surface area contributed by atoms with Crippen molar-refractivity contribution < 1.29 is 19.0 Å². The van der Waals surface area contributed by atoms with Crippen LogP contribution in [0.15, 0.2) is 42.5 Å². The van der Waals surface area contributed by atoms with E-state index in [2.05, 4.69) is 22.4 Å². The number of aromatic amines is 1. The number of carbonyl (C=O) groups is 1. The van der Waals surface area contributed by atoms with E-state index in [9.17, 15) is 4.79 Å². The Balaban J connectivity index is 1.60. The van der Waals surface area contributed by atoms with Crippen LogP contribution in [0.2, 0.25) is 0 Å². The van der Waals surface area contributed by atoms with Crippen LogP contribution in [0.1, 0.15) is 24.6 Å². The smallest absolute Gasteiger partial charge is 0.231 e. The number of benzene rings is 2. The van der Waals surface area contributed by atoms with Crippen molar-refractivity contribution in [1.82, 2.24) is 10.2 Å². The number of aromatic nitrogens is 2. The van der Waals surface area contributed by atoms with Crippen LogP contribution in [-0.2, 0) is 17.6 Å². The molecule has 0 saturated heterocycles. The number of ether oxygens (including phenoxy) is 3. The van der Waals surface area contributed by atoms with Crippen LogP contribution < -0.4 is 19.5 Å². The van der Waals surface area contributed by atoms with Gasteiger partial charge in [0.2, 0.25) is 12.7 Å². The third-order valence-corrected chi connectivity index (χ3v) is 4.75. The molecule has 0 radical (unpaired) electrons. The van der Waals surface area contributed by atoms with E-state index >= 15 is 0 Å². The molecule has 0 saturated carbocycles. The van der Waals surface area contributed by atoms with Crippen LogP contribution in [0.4, 0.5) is 5.69 Å². The SMILES string of the molecule is CCCc1[nH]nc(-c2ccc3c(c2)OCO3)c1NC(=O)Cc1cccc(OC)c1. The maximum Gasteiger partial charge on any atom is 0.231 e. The summed E-state index contributed by atoms with van der Waals surface area (Å²) >= 11 is 0. The van der Waals surface area contributed by atoms with E-state index < -0.39 is 0 Å². The molecule has 0 unspecified atom stereocenters. The van der Waals surface area contributed by atoms with Crippen molar-refractivity contribution in [3.8, 4) is 28.5 Å². The number of anilines is 1.